The van der Waals surface area contributed by atoms with Crippen molar-refractivity contribution in [1.82, 2.24) is 19.9 Å². The predicted molar refractivity (Wildman–Crippen MR) is 93.3 cm³/mol. The van der Waals surface area contributed by atoms with Crippen molar-refractivity contribution in [3.05, 3.63) is 60.7 Å². The van der Waals surface area contributed by atoms with E-state index in [1.165, 1.54) is 0 Å². The summed E-state index contributed by atoms with van der Waals surface area (Å²) in [6.07, 6.45) is 6.68. The molecule has 1 fully saturated rings. The van der Waals surface area contributed by atoms with Gasteiger partial charge in [-0.1, -0.05) is 12.1 Å². The monoisotopic (exact) mass is 334 g/mol. The lowest BCUT2D eigenvalue weighted by Gasteiger charge is -2.31. The number of likely N-dealkylation sites (tertiary alicyclic amines) is 1. The van der Waals surface area contributed by atoms with E-state index in [-0.39, 0.29) is 12.0 Å². The Hall–Kier alpha value is -3.02. The number of amides is 1. The first-order valence-corrected chi connectivity index (χ1v) is 8.37. The van der Waals surface area contributed by atoms with E-state index in [2.05, 4.69) is 15.0 Å². The van der Waals surface area contributed by atoms with E-state index in [0.717, 1.165) is 29.6 Å². The van der Waals surface area contributed by atoms with Crippen LogP contribution in [0, 0.1) is 0 Å². The molecule has 2 aromatic heterocycles. The third kappa shape index (κ3) is 3.42. The highest BCUT2D eigenvalue weighted by Crippen LogP contribution is 2.19. The van der Waals surface area contributed by atoms with E-state index in [4.69, 9.17) is 4.74 Å². The van der Waals surface area contributed by atoms with Crippen LogP contribution in [-0.2, 0) is 0 Å². The Kier molecular flexibility index (Phi) is 4.24. The first kappa shape index (κ1) is 15.5. The van der Waals surface area contributed by atoms with Crippen LogP contribution in [0.5, 0.6) is 5.75 Å². The third-order valence-electron chi connectivity index (χ3n) is 4.33. The Morgan fingerprint density at radius 3 is 2.60 bits per heavy atom. The van der Waals surface area contributed by atoms with Gasteiger partial charge < -0.3 is 9.64 Å². The number of hydrogen-bond donors (Lipinski definition) is 0. The second-order valence-electron chi connectivity index (χ2n) is 6.04. The van der Waals surface area contributed by atoms with Crippen molar-refractivity contribution in [3.8, 4) is 5.75 Å². The zero-order valence-electron chi connectivity index (χ0n) is 13.7. The third-order valence-corrected chi connectivity index (χ3v) is 4.33. The summed E-state index contributed by atoms with van der Waals surface area (Å²) in [5.74, 6) is 0.700. The molecule has 0 saturated carbocycles. The van der Waals surface area contributed by atoms with Crippen LogP contribution in [0.1, 0.15) is 23.3 Å². The minimum absolute atomic E-state index is 0.0712. The molecule has 3 aromatic rings. The summed E-state index contributed by atoms with van der Waals surface area (Å²) in [6.45, 7) is 1.30. The van der Waals surface area contributed by atoms with Gasteiger partial charge in [0.15, 0.2) is 0 Å². The highest BCUT2D eigenvalue weighted by Gasteiger charge is 2.25. The SMILES string of the molecule is O=C(c1cnc2ccccc2n1)N1CCC(Oc2cccnc2)CC1. The van der Waals surface area contributed by atoms with Gasteiger partial charge in [0.25, 0.3) is 5.91 Å². The molecule has 1 aliphatic heterocycles. The minimum Gasteiger partial charge on any atom is -0.489 e. The number of para-hydroxylation sites is 2. The van der Waals surface area contributed by atoms with Gasteiger partial charge in [0.2, 0.25) is 0 Å². The standard InChI is InChI=1S/C19H18N4O2/c24-19(18-13-21-16-5-1-2-6-17(16)22-18)23-10-7-14(8-11-23)25-15-4-3-9-20-12-15/h1-6,9,12-14H,7-8,10-11H2. The highest BCUT2D eigenvalue weighted by molar-refractivity contribution is 5.93. The molecule has 0 N–H and O–H groups in total. The number of aromatic nitrogens is 3. The number of pyridine rings is 1. The number of ether oxygens (including phenoxy) is 1. The van der Waals surface area contributed by atoms with Crippen LogP contribution in [-0.4, -0.2) is 45.0 Å². The van der Waals surface area contributed by atoms with Gasteiger partial charge in [0.05, 0.1) is 23.4 Å². The molecule has 1 saturated heterocycles. The van der Waals surface area contributed by atoms with Gasteiger partial charge in [0.1, 0.15) is 17.5 Å². The number of hydrogen-bond acceptors (Lipinski definition) is 5. The van der Waals surface area contributed by atoms with Crippen LogP contribution in [0.3, 0.4) is 0 Å². The van der Waals surface area contributed by atoms with Crippen LogP contribution < -0.4 is 4.74 Å². The van der Waals surface area contributed by atoms with Gasteiger partial charge in [0, 0.05) is 32.1 Å². The molecule has 6 nitrogen and oxygen atoms in total. The Labute approximate surface area is 145 Å². The minimum atomic E-state index is -0.0712. The van der Waals surface area contributed by atoms with Crippen LogP contribution in [0.2, 0.25) is 0 Å². The molecule has 0 spiro atoms. The summed E-state index contributed by atoms with van der Waals surface area (Å²) in [6, 6.07) is 11.3. The fourth-order valence-electron chi connectivity index (χ4n) is 3.01. The summed E-state index contributed by atoms with van der Waals surface area (Å²) < 4.78 is 5.92. The molecule has 0 bridgehead atoms. The molecule has 0 unspecified atom stereocenters. The van der Waals surface area contributed by atoms with Gasteiger partial charge in [-0.3, -0.25) is 14.8 Å². The molecule has 1 aliphatic rings. The van der Waals surface area contributed by atoms with Gasteiger partial charge in [-0.05, 0) is 24.3 Å². The number of benzene rings is 1. The average Bonchev–Trinajstić information content (AvgIpc) is 2.68. The Bertz CT molecular complexity index is 877. The van der Waals surface area contributed by atoms with E-state index in [0.29, 0.717) is 18.8 Å². The fourth-order valence-corrected chi connectivity index (χ4v) is 3.01. The molecule has 0 radical (unpaired) electrons. The molecule has 0 atom stereocenters. The average molecular weight is 334 g/mol. The first-order chi connectivity index (χ1) is 12.3. The van der Waals surface area contributed by atoms with Crippen molar-refractivity contribution >= 4 is 16.9 Å². The predicted octanol–water partition coefficient (Wildman–Crippen LogP) is 2.71. The smallest absolute Gasteiger partial charge is 0.274 e. The van der Waals surface area contributed by atoms with E-state index < -0.39 is 0 Å². The zero-order valence-corrected chi connectivity index (χ0v) is 13.7. The molecular formula is C19H18N4O2. The van der Waals surface area contributed by atoms with Crippen LogP contribution >= 0.6 is 0 Å². The number of nitrogens with zero attached hydrogens (tertiary/aromatic N) is 4. The van der Waals surface area contributed by atoms with Crippen LogP contribution in [0.4, 0.5) is 0 Å². The quantitative estimate of drug-likeness (QED) is 0.737. The summed E-state index contributed by atoms with van der Waals surface area (Å²) >= 11 is 0. The molecule has 1 aromatic carbocycles. The van der Waals surface area contributed by atoms with Crippen LogP contribution in [0.15, 0.2) is 55.0 Å². The second kappa shape index (κ2) is 6.84. The zero-order chi connectivity index (χ0) is 17.1. The number of rotatable bonds is 3. The van der Waals surface area contributed by atoms with Crippen LogP contribution in [0.25, 0.3) is 11.0 Å². The number of carbonyl (C=O) groups is 1. The summed E-state index contributed by atoms with van der Waals surface area (Å²) in [5, 5.41) is 0. The summed E-state index contributed by atoms with van der Waals surface area (Å²) in [4.78, 5) is 27.3. The lowest BCUT2D eigenvalue weighted by Crippen LogP contribution is -2.42. The van der Waals surface area contributed by atoms with E-state index >= 15 is 0 Å². The molecule has 126 valence electrons. The second-order valence-corrected chi connectivity index (χ2v) is 6.04. The summed E-state index contributed by atoms with van der Waals surface area (Å²) in [7, 11) is 0. The van der Waals surface area contributed by atoms with Crippen molar-refractivity contribution in [3.63, 3.8) is 0 Å². The van der Waals surface area contributed by atoms with Gasteiger partial charge in [-0.25, -0.2) is 4.98 Å². The number of carbonyl (C=O) groups excluding carboxylic acids is 1. The molecule has 25 heavy (non-hydrogen) atoms. The van der Waals surface area contributed by atoms with Gasteiger partial charge in [-0.15, -0.1) is 0 Å². The van der Waals surface area contributed by atoms with Crippen molar-refractivity contribution < 1.29 is 9.53 Å². The number of fused-ring (bicyclic) bond motifs is 1. The van der Waals surface area contributed by atoms with E-state index in [9.17, 15) is 4.79 Å². The Balaban J connectivity index is 1.40. The fraction of sp³-hybridized carbons (Fsp3) is 0.263. The Morgan fingerprint density at radius 2 is 1.84 bits per heavy atom. The van der Waals surface area contributed by atoms with E-state index in [1.807, 2.05) is 41.3 Å². The largest absolute Gasteiger partial charge is 0.489 e. The molecule has 0 aliphatic carbocycles. The molecule has 4 rings (SSSR count). The molecule has 6 heteroatoms. The topological polar surface area (TPSA) is 68.2 Å². The summed E-state index contributed by atoms with van der Waals surface area (Å²) in [5.41, 5.74) is 1.93. The molecule has 3 heterocycles. The van der Waals surface area contributed by atoms with Gasteiger partial charge >= 0.3 is 0 Å². The van der Waals surface area contributed by atoms with Gasteiger partial charge in [-0.2, -0.15) is 0 Å². The first-order valence-electron chi connectivity index (χ1n) is 8.37. The van der Waals surface area contributed by atoms with Crippen molar-refractivity contribution in [2.75, 3.05) is 13.1 Å². The maximum Gasteiger partial charge on any atom is 0.274 e. The van der Waals surface area contributed by atoms with E-state index in [1.54, 1.807) is 18.6 Å². The highest BCUT2D eigenvalue weighted by atomic mass is 16.5. The molecule has 1 amide bonds. The van der Waals surface area contributed by atoms with Crippen molar-refractivity contribution in [2.45, 2.75) is 18.9 Å². The lowest BCUT2D eigenvalue weighted by molar-refractivity contribution is 0.0589. The van der Waals surface area contributed by atoms with Crippen molar-refractivity contribution in [1.29, 1.82) is 0 Å². The maximum atomic E-state index is 12.7. The normalized spacial score (nSPS) is 15.3. The molecular weight excluding hydrogens is 316 g/mol. The van der Waals surface area contributed by atoms with Crippen molar-refractivity contribution in [2.24, 2.45) is 0 Å². The lowest BCUT2D eigenvalue weighted by atomic mass is 10.1. The number of piperidine rings is 1. The maximum absolute atomic E-state index is 12.7. The Morgan fingerprint density at radius 1 is 1.04 bits per heavy atom.